The van der Waals surface area contributed by atoms with Crippen LogP contribution in [-0.2, 0) is 5.88 Å². The highest BCUT2D eigenvalue weighted by Gasteiger charge is 2.03. The van der Waals surface area contributed by atoms with Crippen LogP contribution >= 0.6 is 11.6 Å². The van der Waals surface area contributed by atoms with Gasteiger partial charge in [0.1, 0.15) is 0 Å². The molecule has 0 bridgehead atoms. The highest BCUT2D eigenvalue weighted by molar-refractivity contribution is 6.17. The first-order chi connectivity index (χ1) is 7.31. The van der Waals surface area contributed by atoms with Gasteiger partial charge in [-0.05, 0) is 23.6 Å². The summed E-state index contributed by atoms with van der Waals surface area (Å²) >= 11 is 5.93. The lowest BCUT2D eigenvalue weighted by Gasteiger charge is -2.08. The molecule has 1 heteroatoms. The number of alkyl halides is 1. The lowest BCUT2D eigenvalue weighted by molar-refractivity contribution is 1.35. The molecule has 0 atom stereocenters. The summed E-state index contributed by atoms with van der Waals surface area (Å²) < 4.78 is 0. The number of benzene rings is 2. The zero-order valence-corrected chi connectivity index (χ0v) is 9.46. The third kappa shape index (κ3) is 2.21. The van der Waals surface area contributed by atoms with E-state index in [0.717, 1.165) is 0 Å². The van der Waals surface area contributed by atoms with Gasteiger partial charge in [-0.15, -0.1) is 11.6 Å². The van der Waals surface area contributed by atoms with Gasteiger partial charge in [0.05, 0.1) is 0 Å². The van der Waals surface area contributed by atoms with E-state index in [2.05, 4.69) is 49.4 Å². The number of halogens is 1. The predicted octanol–water partition coefficient (Wildman–Crippen LogP) is 4.40. The molecule has 0 radical (unpaired) electrons. The van der Waals surface area contributed by atoms with Crippen molar-refractivity contribution in [3.05, 3.63) is 59.7 Å². The third-order valence-electron chi connectivity index (χ3n) is 2.49. The largest absolute Gasteiger partial charge is 0.122 e. The summed E-state index contributed by atoms with van der Waals surface area (Å²) in [5.41, 5.74) is 4.93. The minimum Gasteiger partial charge on any atom is -0.122 e. The molecular weight excluding hydrogens is 204 g/mol. The van der Waals surface area contributed by atoms with E-state index in [1.54, 1.807) is 0 Å². The molecule has 0 nitrogen and oxygen atoms in total. The van der Waals surface area contributed by atoms with Crippen molar-refractivity contribution in [1.29, 1.82) is 0 Å². The van der Waals surface area contributed by atoms with Crippen LogP contribution in [0.1, 0.15) is 11.1 Å². The molecule has 0 fully saturated rings. The topological polar surface area (TPSA) is 0 Å². The number of rotatable bonds is 2. The molecule has 0 N–H and O–H groups in total. The van der Waals surface area contributed by atoms with Gasteiger partial charge in [-0.25, -0.2) is 0 Å². The predicted molar refractivity (Wildman–Crippen MR) is 66.2 cm³/mol. The van der Waals surface area contributed by atoms with E-state index in [4.69, 9.17) is 11.6 Å². The van der Waals surface area contributed by atoms with E-state index in [1.807, 2.05) is 6.07 Å². The van der Waals surface area contributed by atoms with Crippen LogP contribution in [-0.4, -0.2) is 0 Å². The fourth-order valence-corrected chi connectivity index (χ4v) is 1.93. The van der Waals surface area contributed by atoms with Gasteiger partial charge in [0, 0.05) is 5.88 Å². The monoisotopic (exact) mass is 216 g/mol. The summed E-state index contributed by atoms with van der Waals surface area (Å²) in [6.07, 6.45) is 0. The minimum absolute atomic E-state index is 0.560. The molecule has 0 aliphatic rings. The maximum absolute atomic E-state index is 5.93. The first-order valence-electron chi connectivity index (χ1n) is 5.02. The van der Waals surface area contributed by atoms with E-state index < -0.39 is 0 Å². The van der Waals surface area contributed by atoms with E-state index >= 15 is 0 Å². The van der Waals surface area contributed by atoms with Crippen molar-refractivity contribution in [2.24, 2.45) is 0 Å². The average molecular weight is 217 g/mol. The van der Waals surface area contributed by atoms with Crippen LogP contribution in [0.4, 0.5) is 0 Å². The van der Waals surface area contributed by atoms with Crippen LogP contribution in [0.2, 0.25) is 0 Å². The number of hydrogen-bond donors (Lipinski definition) is 0. The van der Waals surface area contributed by atoms with Crippen molar-refractivity contribution >= 4 is 11.6 Å². The Morgan fingerprint density at radius 3 is 2.40 bits per heavy atom. The molecule has 76 valence electrons. The second kappa shape index (κ2) is 4.50. The molecule has 0 aliphatic carbocycles. The fourth-order valence-electron chi connectivity index (χ4n) is 1.69. The van der Waals surface area contributed by atoms with Crippen LogP contribution in [0.25, 0.3) is 11.1 Å². The quantitative estimate of drug-likeness (QED) is 0.653. The molecule has 15 heavy (non-hydrogen) atoms. The molecule has 2 aromatic rings. The van der Waals surface area contributed by atoms with E-state index in [1.165, 1.54) is 22.3 Å². The summed E-state index contributed by atoms with van der Waals surface area (Å²) in [5, 5.41) is 0. The van der Waals surface area contributed by atoms with Gasteiger partial charge in [0.15, 0.2) is 0 Å². The van der Waals surface area contributed by atoms with E-state index in [0.29, 0.717) is 5.88 Å². The first kappa shape index (κ1) is 10.3. The van der Waals surface area contributed by atoms with Crippen molar-refractivity contribution in [2.75, 3.05) is 0 Å². The number of hydrogen-bond acceptors (Lipinski definition) is 0. The third-order valence-corrected chi connectivity index (χ3v) is 2.78. The van der Waals surface area contributed by atoms with Crippen molar-refractivity contribution in [3.63, 3.8) is 0 Å². The standard InChI is InChI=1S/C14H13Cl/c1-11-7-8-13(10-15)14(9-11)12-5-3-2-4-6-12/h2-9H,10H2,1H3. The van der Waals surface area contributed by atoms with Crippen LogP contribution in [0, 0.1) is 6.92 Å². The second-order valence-corrected chi connectivity index (χ2v) is 3.93. The molecule has 0 saturated heterocycles. The Bertz CT molecular complexity index is 446. The Morgan fingerprint density at radius 1 is 1.00 bits per heavy atom. The molecular formula is C14H13Cl. The average Bonchev–Trinajstić information content (AvgIpc) is 2.30. The Kier molecular flexibility index (Phi) is 3.08. The smallest absolute Gasteiger partial charge is 0.0480 e. The van der Waals surface area contributed by atoms with Crippen molar-refractivity contribution < 1.29 is 0 Å². The lowest BCUT2D eigenvalue weighted by atomic mass is 9.99. The summed E-state index contributed by atoms with van der Waals surface area (Å²) in [5.74, 6) is 0.560. The van der Waals surface area contributed by atoms with Crippen molar-refractivity contribution in [3.8, 4) is 11.1 Å². The van der Waals surface area contributed by atoms with E-state index in [9.17, 15) is 0 Å². The first-order valence-corrected chi connectivity index (χ1v) is 5.55. The Morgan fingerprint density at radius 2 is 1.73 bits per heavy atom. The van der Waals surface area contributed by atoms with Gasteiger partial charge in [0.25, 0.3) is 0 Å². The summed E-state index contributed by atoms with van der Waals surface area (Å²) in [4.78, 5) is 0. The van der Waals surface area contributed by atoms with Gasteiger partial charge in [-0.2, -0.15) is 0 Å². The fraction of sp³-hybridized carbons (Fsp3) is 0.143. The molecule has 2 aromatic carbocycles. The van der Waals surface area contributed by atoms with Crippen LogP contribution in [0.15, 0.2) is 48.5 Å². The number of aryl methyl sites for hydroxylation is 1. The van der Waals surface area contributed by atoms with Gasteiger partial charge in [0.2, 0.25) is 0 Å². The Hall–Kier alpha value is -1.27. The van der Waals surface area contributed by atoms with Crippen LogP contribution in [0.3, 0.4) is 0 Å². The maximum Gasteiger partial charge on any atom is 0.0480 e. The molecule has 0 amide bonds. The normalized spacial score (nSPS) is 10.3. The molecule has 0 saturated carbocycles. The lowest BCUT2D eigenvalue weighted by Crippen LogP contribution is -1.87. The van der Waals surface area contributed by atoms with Gasteiger partial charge in [-0.3, -0.25) is 0 Å². The van der Waals surface area contributed by atoms with Crippen LogP contribution in [0.5, 0.6) is 0 Å². The SMILES string of the molecule is Cc1ccc(CCl)c(-c2ccccc2)c1. The summed E-state index contributed by atoms with van der Waals surface area (Å²) in [7, 11) is 0. The van der Waals surface area contributed by atoms with Gasteiger partial charge >= 0.3 is 0 Å². The summed E-state index contributed by atoms with van der Waals surface area (Å²) in [6, 6.07) is 16.8. The molecule has 0 spiro atoms. The maximum atomic E-state index is 5.93. The Balaban J connectivity index is 2.56. The molecule has 0 unspecified atom stereocenters. The second-order valence-electron chi connectivity index (χ2n) is 3.66. The minimum atomic E-state index is 0.560. The van der Waals surface area contributed by atoms with Gasteiger partial charge < -0.3 is 0 Å². The van der Waals surface area contributed by atoms with E-state index in [-0.39, 0.29) is 0 Å². The summed E-state index contributed by atoms with van der Waals surface area (Å²) in [6.45, 7) is 2.10. The zero-order valence-electron chi connectivity index (χ0n) is 8.70. The molecule has 0 heterocycles. The highest BCUT2D eigenvalue weighted by atomic mass is 35.5. The molecule has 0 aromatic heterocycles. The Labute approximate surface area is 95.5 Å². The van der Waals surface area contributed by atoms with Crippen LogP contribution < -0.4 is 0 Å². The molecule has 0 aliphatic heterocycles. The van der Waals surface area contributed by atoms with Crippen molar-refractivity contribution in [1.82, 2.24) is 0 Å². The van der Waals surface area contributed by atoms with Gasteiger partial charge in [-0.1, -0.05) is 54.1 Å². The highest BCUT2D eigenvalue weighted by Crippen LogP contribution is 2.25. The zero-order chi connectivity index (χ0) is 10.7. The van der Waals surface area contributed by atoms with Crippen molar-refractivity contribution in [2.45, 2.75) is 12.8 Å². The molecule has 2 rings (SSSR count).